The fraction of sp³-hybridized carbons (Fsp3) is 0. The van der Waals surface area contributed by atoms with Gasteiger partial charge in [0.05, 0.1) is 17.9 Å². The molecule has 6 nitrogen and oxygen atoms in total. The summed E-state index contributed by atoms with van der Waals surface area (Å²) in [5, 5.41) is 28.5. The third kappa shape index (κ3) is 51.7. The van der Waals surface area contributed by atoms with Crippen LogP contribution in [0.3, 0.4) is 0 Å². The van der Waals surface area contributed by atoms with Gasteiger partial charge in [-0.15, -0.1) is 0 Å². The van der Waals surface area contributed by atoms with Crippen molar-refractivity contribution < 1.29 is 71.5 Å². The van der Waals surface area contributed by atoms with Crippen molar-refractivity contribution in [3.05, 3.63) is 74.4 Å². The molecule has 0 spiro atoms. The maximum absolute atomic E-state index is 9.51. The Hall–Kier alpha value is -1.77. The largest absolute Gasteiger partial charge is 3.00 e. The first kappa shape index (κ1) is 28.4. The summed E-state index contributed by atoms with van der Waals surface area (Å²) in [7, 11) is 0. The first-order valence-corrected chi connectivity index (χ1v) is 5.32. The van der Waals surface area contributed by atoms with Crippen molar-refractivity contribution in [2.75, 3.05) is 0 Å². The quantitative estimate of drug-likeness (QED) is 0.370. The molecule has 0 aliphatic rings. The van der Waals surface area contributed by atoms with Crippen LogP contribution in [0.15, 0.2) is 74.4 Å². The van der Waals surface area contributed by atoms with E-state index in [1.54, 1.807) is 0 Å². The van der Waals surface area contributed by atoms with E-state index < -0.39 is 17.9 Å². The third-order valence-corrected chi connectivity index (χ3v) is 1.11. The normalized spacial score (nSPS) is 8.73. The standard InChI is InChI=1S/3C5H6O2.Ce/c3*1-2-3-4-5(6)7;/h3*2-4H,1H2,(H,6,7);/q;;;+3/p-3/b3*4-3+;. The third-order valence-electron chi connectivity index (χ3n) is 1.11. The maximum atomic E-state index is 9.51. The second kappa shape index (κ2) is 24.3. The molecule has 0 aromatic rings. The van der Waals surface area contributed by atoms with E-state index in [1.807, 2.05) is 0 Å². The average Bonchev–Trinajstić information content (AvgIpc) is 2.41. The van der Waals surface area contributed by atoms with Crippen LogP contribution < -0.4 is 15.3 Å². The molecule has 1 radical (unpaired) electrons. The molecule has 0 amide bonds. The second-order valence-corrected chi connectivity index (χ2v) is 2.74. The first-order chi connectivity index (χ1) is 9.81. The van der Waals surface area contributed by atoms with Crippen LogP contribution in [0.2, 0.25) is 0 Å². The molecule has 0 rings (SSSR count). The number of carboxylic acid groups (broad SMARTS) is 3. The molecule has 0 unspecified atom stereocenters. The number of carbonyl (C=O) groups is 3. The zero-order chi connectivity index (χ0) is 17.1. The summed E-state index contributed by atoms with van der Waals surface area (Å²) in [5.74, 6) is -3.58. The predicted molar refractivity (Wildman–Crippen MR) is 73.0 cm³/mol. The smallest absolute Gasteiger partial charge is 0.545 e. The molecule has 0 aliphatic heterocycles. The van der Waals surface area contributed by atoms with Crippen molar-refractivity contribution >= 4 is 17.9 Å². The van der Waals surface area contributed by atoms with E-state index >= 15 is 0 Å². The minimum atomic E-state index is -1.19. The number of hydrogen-bond acceptors (Lipinski definition) is 6. The van der Waals surface area contributed by atoms with Crippen molar-refractivity contribution in [3.63, 3.8) is 0 Å². The van der Waals surface area contributed by atoms with E-state index in [4.69, 9.17) is 0 Å². The molecule has 0 saturated heterocycles. The van der Waals surface area contributed by atoms with Gasteiger partial charge in [0.1, 0.15) is 0 Å². The van der Waals surface area contributed by atoms with Gasteiger partial charge >= 0.3 is 41.7 Å². The number of carboxylic acids is 3. The molecular formula is C15H15CeO6. The van der Waals surface area contributed by atoms with Gasteiger partial charge in [0.25, 0.3) is 0 Å². The number of hydrogen-bond donors (Lipinski definition) is 0. The molecule has 0 N–H and O–H groups in total. The monoisotopic (exact) mass is 431 g/mol. The minimum absolute atomic E-state index is 0. The molecule has 22 heavy (non-hydrogen) atoms. The second-order valence-electron chi connectivity index (χ2n) is 2.74. The summed E-state index contributed by atoms with van der Waals surface area (Å²) in [6.07, 6.45) is 10.7. The van der Waals surface area contributed by atoms with Gasteiger partial charge in [-0.25, -0.2) is 0 Å². The van der Waals surface area contributed by atoms with Crippen LogP contribution in [0, 0.1) is 41.7 Å². The summed E-state index contributed by atoms with van der Waals surface area (Å²) in [4.78, 5) is 28.5. The van der Waals surface area contributed by atoms with Crippen LogP contribution in [0.5, 0.6) is 0 Å². The molecule has 0 heterocycles. The summed E-state index contributed by atoms with van der Waals surface area (Å²) >= 11 is 0. The molecule has 0 saturated carbocycles. The fourth-order valence-corrected chi connectivity index (χ4v) is 0.440. The van der Waals surface area contributed by atoms with E-state index in [1.165, 1.54) is 36.5 Å². The van der Waals surface area contributed by atoms with Crippen molar-refractivity contribution in [1.29, 1.82) is 0 Å². The zero-order valence-electron chi connectivity index (χ0n) is 11.8. The van der Waals surface area contributed by atoms with Gasteiger partial charge in [0.2, 0.25) is 0 Å². The summed E-state index contributed by atoms with van der Waals surface area (Å²) in [5.41, 5.74) is 0. The molecule has 0 aromatic carbocycles. The number of carbonyl (C=O) groups excluding carboxylic acids is 3. The SMILES string of the molecule is C=C/C=C/C(=O)[O-].C=C/C=C/C(=O)[O-].C=C/C=C/C(=O)[O-].[Ce+3]. The van der Waals surface area contributed by atoms with Crippen LogP contribution >= 0.6 is 0 Å². The van der Waals surface area contributed by atoms with Gasteiger partial charge in [-0.1, -0.05) is 56.2 Å². The molecule has 0 bridgehead atoms. The molecule has 0 atom stereocenters. The van der Waals surface area contributed by atoms with E-state index in [0.29, 0.717) is 0 Å². The number of aliphatic carboxylic acids is 3. The Kier molecular flexibility index (Phi) is 31.3. The van der Waals surface area contributed by atoms with Crippen molar-refractivity contribution in [2.45, 2.75) is 0 Å². The van der Waals surface area contributed by atoms with Gasteiger partial charge in [0.15, 0.2) is 0 Å². The Bertz CT molecular complexity index is 380. The van der Waals surface area contributed by atoms with E-state index in [0.717, 1.165) is 18.2 Å². The molecular weight excluding hydrogens is 416 g/mol. The van der Waals surface area contributed by atoms with Crippen molar-refractivity contribution in [1.82, 2.24) is 0 Å². The Morgan fingerprint density at radius 2 is 0.773 bits per heavy atom. The summed E-state index contributed by atoms with van der Waals surface area (Å²) in [6, 6.07) is 0. The van der Waals surface area contributed by atoms with Crippen molar-refractivity contribution in [2.24, 2.45) is 0 Å². The Morgan fingerprint density at radius 1 is 0.591 bits per heavy atom. The van der Waals surface area contributed by atoms with Crippen LogP contribution in [0.1, 0.15) is 0 Å². The number of rotatable bonds is 6. The molecule has 115 valence electrons. The first-order valence-electron chi connectivity index (χ1n) is 5.32. The van der Waals surface area contributed by atoms with Crippen LogP contribution in [-0.2, 0) is 14.4 Å². The van der Waals surface area contributed by atoms with Crippen molar-refractivity contribution in [3.8, 4) is 0 Å². The Morgan fingerprint density at radius 3 is 0.818 bits per heavy atom. The van der Waals surface area contributed by atoms with Gasteiger partial charge < -0.3 is 29.7 Å². The average molecular weight is 431 g/mol. The van der Waals surface area contributed by atoms with E-state index in [9.17, 15) is 29.7 Å². The summed E-state index contributed by atoms with van der Waals surface area (Å²) < 4.78 is 0. The van der Waals surface area contributed by atoms with Gasteiger partial charge in [0, 0.05) is 0 Å². The van der Waals surface area contributed by atoms with Crippen LogP contribution in [0.4, 0.5) is 0 Å². The number of allylic oxidation sites excluding steroid dienone is 6. The van der Waals surface area contributed by atoms with E-state index in [2.05, 4.69) is 19.7 Å². The molecule has 0 fully saturated rings. The summed E-state index contributed by atoms with van der Waals surface area (Å²) in [6.45, 7) is 9.76. The van der Waals surface area contributed by atoms with E-state index in [-0.39, 0.29) is 41.7 Å². The Labute approximate surface area is 162 Å². The fourth-order valence-electron chi connectivity index (χ4n) is 0.440. The zero-order valence-corrected chi connectivity index (χ0v) is 14.9. The van der Waals surface area contributed by atoms with Gasteiger partial charge in [-0.3, -0.25) is 0 Å². The van der Waals surface area contributed by atoms with Gasteiger partial charge in [-0.2, -0.15) is 0 Å². The molecule has 0 aromatic heterocycles. The predicted octanol–water partition coefficient (Wildman–Crippen LogP) is -1.56. The molecule has 0 aliphatic carbocycles. The van der Waals surface area contributed by atoms with Crippen LogP contribution in [0.25, 0.3) is 0 Å². The van der Waals surface area contributed by atoms with Crippen LogP contribution in [-0.4, -0.2) is 17.9 Å². The Balaban J connectivity index is -0.000000108. The maximum Gasteiger partial charge on any atom is 3.00 e. The topological polar surface area (TPSA) is 120 Å². The van der Waals surface area contributed by atoms with Gasteiger partial charge in [-0.05, 0) is 18.2 Å². The molecule has 7 heteroatoms. The minimum Gasteiger partial charge on any atom is -0.545 e.